The van der Waals surface area contributed by atoms with Crippen LogP contribution in [0.5, 0.6) is 5.75 Å². The molecule has 0 radical (unpaired) electrons. The topological polar surface area (TPSA) is 39.4 Å². The van der Waals surface area contributed by atoms with Crippen LogP contribution in [-0.4, -0.2) is 6.61 Å². The van der Waals surface area contributed by atoms with Crippen LogP contribution in [0, 0.1) is 12.3 Å². The lowest BCUT2D eigenvalue weighted by Crippen LogP contribution is -2.10. The predicted octanol–water partition coefficient (Wildman–Crippen LogP) is 3.47. The lowest BCUT2D eigenvalue weighted by Gasteiger charge is -2.09. The number of benzene rings is 2. The molecular weight excluding hydrogens is 264 g/mol. The molecule has 21 heavy (non-hydrogen) atoms. The van der Waals surface area contributed by atoms with Crippen molar-refractivity contribution in [2.75, 3.05) is 6.61 Å². The van der Waals surface area contributed by atoms with Crippen molar-refractivity contribution in [1.29, 1.82) is 0 Å². The van der Waals surface area contributed by atoms with Crippen LogP contribution < -0.4 is 10.2 Å². The first kappa shape index (κ1) is 13.0. The number of fused-ring (bicyclic) bond motifs is 1. The highest BCUT2D eigenvalue weighted by Crippen LogP contribution is 2.30. The molecular formula is C18H12O3. The molecule has 3 heteroatoms. The van der Waals surface area contributed by atoms with Gasteiger partial charge in [-0.3, -0.25) is 4.79 Å². The minimum absolute atomic E-state index is 0.0168. The summed E-state index contributed by atoms with van der Waals surface area (Å²) in [6, 6.07) is 16.4. The molecule has 0 aliphatic rings. The second kappa shape index (κ2) is 5.56. The van der Waals surface area contributed by atoms with E-state index in [0.29, 0.717) is 16.7 Å². The zero-order valence-electron chi connectivity index (χ0n) is 11.2. The Morgan fingerprint density at radius 3 is 2.52 bits per heavy atom. The summed E-state index contributed by atoms with van der Waals surface area (Å²) in [6.45, 7) is 0.0168. The van der Waals surface area contributed by atoms with Gasteiger partial charge in [-0.15, -0.1) is 6.42 Å². The molecule has 1 aromatic heterocycles. The van der Waals surface area contributed by atoms with Gasteiger partial charge in [0.2, 0.25) is 11.2 Å². The predicted molar refractivity (Wildman–Crippen MR) is 82.2 cm³/mol. The van der Waals surface area contributed by atoms with E-state index in [-0.39, 0.29) is 17.8 Å². The summed E-state index contributed by atoms with van der Waals surface area (Å²) in [5.74, 6) is 2.92. The molecule has 0 amide bonds. The van der Waals surface area contributed by atoms with E-state index in [2.05, 4.69) is 5.92 Å². The van der Waals surface area contributed by atoms with Crippen LogP contribution in [0.15, 0.2) is 63.8 Å². The molecule has 0 bridgehead atoms. The van der Waals surface area contributed by atoms with Crippen molar-refractivity contribution < 1.29 is 9.15 Å². The first-order valence-electron chi connectivity index (χ1n) is 6.49. The Hall–Kier alpha value is -2.99. The third kappa shape index (κ3) is 2.39. The Morgan fingerprint density at radius 2 is 1.76 bits per heavy atom. The van der Waals surface area contributed by atoms with Crippen LogP contribution in [0.1, 0.15) is 0 Å². The first-order chi connectivity index (χ1) is 10.3. The molecule has 0 unspecified atom stereocenters. The summed E-state index contributed by atoms with van der Waals surface area (Å²) in [6.07, 6.45) is 5.22. The Labute approximate surface area is 121 Å². The molecule has 3 aromatic rings. The number of hydrogen-bond acceptors (Lipinski definition) is 3. The van der Waals surface area contributed by atoms with Crippen LogP contribution >= 0.6 is 0 Å². The van der Waals surface area contributed by atoms with E-state index in [0.717, 1.165) is 5.56 Å². The van der Waals surface area contributed by atoms with Gasteiger partial charge in [0, 0.05) is 5.56 Å². The second-order valence-corrected chi connectivity index (χ2v) is 4.44. The van der Waals surface area contributed by atoms with Crippen LogP contribution in [0.4, 0.5) is 0 Å². The SMILES string of the molecule is C#CCOc1c(-c2ccccc2)oc2ccccc2c1=O. The molecule has 0 N–H and O–H groups in total. The van der Waals surface area contributed by atoms with Crippen LogP contribution in [-0.2, 0) is 0 Å². The lowest BCUT2D eigenvalue weighted by atomic mass is 10.1. The second-order valence-electron chi connectivity index (χ2n) is 4.44. The highest BCUT2D eigenvalue weighted by Gasteiger charge is 2.16. The van der Waals surface area contributed by atoms with Crippen molar-refractivity contribution in [2.24, 2.45) is 0 Å². The number of para-hydroxylation sites is 1. The van der Waals surface area contributed by atoms with Crippen LogP contribution in [0.3, 0.4) is 0 Å². The highest BCUT2D eigenvalue weighted by atomic mass is 16.5. The zero-order valence-corrected chi connectivity index (χ0v) is 11.2. The van der Waals surface area contributed by atoms with Gasteiger partial charge >= 0.3 is 0 Å². The molecule has 1 heterocycles. The van der Waals surface area contributed by atoms with Crippen molar-refractivity contribution in [3.63, 3.8) is 0 Å². The zero-order chi connectivity index (χ0) is 14.7. The van der Waals surface area contributed by atoms with E-state index in [9.17, 15) is 4.79 Å². The van der Waals surface area contributed by atoms with Gasteiger partial charge in [-0.25, -0.2) is 0 Å². The molecule has 0 aliphatic carbocycles. The molecule has 0 saturated carbocycles. The van der Waals surface area contributed by atoms with Gasteiger partial charge in [0.1, 0.15) is 12.2 Å². The maximum atomic E-state index is 12.6. The van der Waals surface area contributed by atoms with Crippen molar-refractivity contribution in [3.8, 4) is 29.4 Å². The average Bonchev–Trinajstić information content (AvgIpc) is 2.55. The average molecular weight is 276 g/mol. The van der Waals surface area contributed by atoms with Crippen molar-refractivity contribution in [3.05, 3.63) is 64.8 Å². The van der Waals surface area contributed by atoms with Gasteiger partial charge in [0.15, 0.2) is 5.76 Å². The monoisotopic (exact) mass is 276 g/mol. The Bertz CT molecular complexity index is 870. The minimum atomic E-state index is -0.217. The third-order valence-electron chi connectivity index (χ3n) is 3.09. The van der Waals surface area contributed by atoms with E-state index in [1.54, 1.807) is 18.2 Å². The minimum Gasteiger partial charge on any atom is -0.473 e. The molecule has 0 aliphatic heterocycles. The smallest absolute Gasteiger partial charge is 0.235 e. The van der Waals surface area contributed by atoms with Crippen LogP contribution in [0.2, 0.25) is 0 Å². The number of hydrogen-bond donors (Lipinski definition) is 0. The van der Waals surface area contributed by atoms with E-state index < -0.39 is 0 Å². The third-order valence-corrected chi connectivity index (χ3v) is 3.09. The summed E-state index contributed by atoms with van der Waals surface area (Å²) in [4.78, 5) is 12.6. The van der Waals surface area contributed by atoms with Gasteiger partial charge in [-0.05, 0) is 12.1 Å². The molecule has 2 aromatic carbocycles. The lowest BCUT2D eigenvalue weighted by molar-refractivity contribution is 0.358. The molecule has 0 fully saturated rings. The van der Waals surface area contributed by atoms with E-state index in [1.807, 2.05) is 36.4 Å². The molecule has 0 spiro atoms. The van der Waals surface area contributed by atoms with Crippen molar-refractivity contribution in [2.45, 2.75) is 0 Å². The van der Waals surface area contributed by atoms with Gasteiger partial charge in [0.25, 0.3) is 0 Å². The summed E-state index contributed by atoms with van der Waals surface area (Å²) in [7, 11) is 0. The summed E-state index contributed by atoms with van der Waals surface area (Å²) < 4.78 is 11.3. The Kier molecular flexibility index (Phi) is 3.44. The maximum absolute atomic E-state index is 12.6. The Balaban J connectivity index is 2.31. The normalized spacial score (nSPS) is 10.2. The highest BCUT2D eigenvalue weighted by molar-refractivity contribution is 5.81. The Morgan fingerprint density at radius 1 is 1.05 bits per heavy atom. The quantitative estimate of drug-likeness (QED) is 0.688. The molecule has 102 valence electrons. The largest absolute Gasteiger partial charge is 0.473 e. The van der Waals surface area contributed by atoms with Gasteiger partial charge < -0.3 is 9.15 Å². The fraction of sp³-hybridized carbons (Fsp3) is 0.0556. The number of ether oxygens (including phenoxy) is 1. The van der Waals surface area contributed by atoms with Crippen molar-refractivity contribution >= 4 is 11.0 Å². The molecule has 3 rings (SSSR count). The van der Waals surface area contributed by atoms with Gasteiger partial charge in [0.05, 0.1) is 5.39 Å². The number of rotatable bonds is 3. The van der Waals surface area contributed by atoms with Gasteiger partial charge in [-0.2, -0.15) is 0 Å². The molecule has 0 atom stereocenters. The fourth-order valence-corrected chi connectivity index (χ4v) is 2.15. The molecule has 0 saturated heterocycles. The fourth-order valence-electron chi connectivity index (χ4n) is 2.15. The summed E-state index contributed by atoms with van der Waals surface area (Å²) in [5, 5.41) is 0.476. The summed E-state index contributed by atoms with van der Waals surface area (Å²) >= 11 is 0. The van der Waals surface area contributed by atoms with E-state index in [1.165, 1.54) is 0 Å². The van der Waals surface area contributed by atoms with Crippen LogP contribution in [0.25, 0.3) is 22.3 Å². The summed E-state index contributed by atoms with van der Waals surface area (Å²) in [5.41, 5.74) is 1.08. The maximum Gasteiger partial charge on any atom is 0.235 e. The van der Waals surface area contributed by atoms with E-state index in [4.69, 9.17) is 15.6 Å². The first-order valence-corrected chi connectivity index (χ1v) is 6.49. The van der Waals surface area contributed by atoms with E-state index >= 15 is 0 Å². The standard InChI is InChI=1S/C18H12O3/c1-2-12-20-18-16(19)14-10-6-7-11-15(14)21-17(18)13-8-4-3-5-9-13/h1,3-11H,12H2. The number of terminal acetylenes is 1. The molecule has 3 nitrogen and oxygen atoms in total. The van der Waals surface area contributed by atoms with Gasteiger partial charge in [-0.1, -0.05) is 48.4 Å². The van der Waals surface area contributed by atoms with Crippen molar-refractivity contribution in [1.82, 2.24) is 0 Å².